The van der Waals surface area contributed by atoms with E-state index in [-0.39, 0.29) is 28.6 Å². The predicted octanol–water partition coefficient (Wildman–Crippen LogP) is 3.97. The topological polar surface area (TPSA) is 98.5 Å². The molecule has 2 aromatic carbocycles. The van der Waals surface area contributed by atoms with Gasteiger partial charge in [0.15, 0.2) is 0 Å². The van der Waals surface area contributed by atoms with Crippen LogP contribution in [0.3, 0.4) is 0 Å². The molecule has 0 heterocycles. The van der Waals surface area contributed by atoms with Crippen LogP contribution in [0.25, 0.3) is 6.08 Å². The average molecular weight is 389 g/mol. The van der Waals surface area contributed by atoms with E-state index in [1.165, 1.54) is 30.3 Å². The van der Waals surface area contributed by atoms with E-state index in [0.717, 1.165) is 0 Å². The molecule has 0 aliphatic heterocycles. The summed E-state index contributed by atoms with van der Waals surface area (Å²) in [5, 5.41) is 13.6. The number of ether oxygens (including phenoxy) is 1. The van der Waals surface area contributed by atoms with Gasteiger partial charge in [0.1, 0.15) is 5.70 Å². The van der Waals surface area contributed by atoms with Gasteiger partial charge in [-0.1, -0.05) is 42.8 Å². The molecular formula is C19H17ClN2O5. The Labute approximate surface area is 160 Å². The number of esters is 1. The maximum Gasteiger partial charge on any atom is 0.354 e. The molecule has 0 fully saturated rings. The number of hydrogen-bond acceptors (Lipinski definition) is 5. The summed E-state index contributed by atoms with van der Waals surface area (Å²) in [7, 11) is 0. The number of carbonyl (C=O) groups is 2. The highest BCUT2D eigenvalue weighted by atomic mass is 35.5. The van der Waals surface area contributed by atoms with Gasteiger partial charge in [-0.2, -0.15) is 0 Å². The molecule has 0 radical (unpaired) electrons. The van der Waals surface area contributed by atoms with Gasteiger partial charge in [0.05, 0.1) is 22.1 Å². The Bertz CT molecular complexity index is 895. The normalized spacial score (nSPS) is 11.0. The molecule has 0 spiro atoms. The van der Waals surface area contributed by atoms with Crippen LogP contribution in [0.4, 0.5) is 5.69 Å². The number of halogens is 1. The molecule has 0 saturated carbocycles. The van der Waals surface area contributed by atoms with Crippen molar-refractivity contribution in [1.82, 2.24) is 5.32 Å². The Morgan fingerprint density at radius 1 is 1.22 bits per heavy atom. The lowest BCUT2D eigenvalue weighted by molar-refractivity contribution is -0.384. The maximum atomic E-state index is 12.5. The molecule has 2 aromatic rings. The fraction of sp³-hybridized carbons (Fsp3) is 0.158. The summed E-state index contributed by atoms with van der Waals surface area (Å²) in [6.07, 6.45) is 1.92. The summed E-state index contributed by atoms with van der Waals surface area (Å²) in [5.41, 5.74) is 0.274. The van der Waals surface area contributed by atoms with Crippen LogP contribution in [0, 0.1) is 10.1 Å². The maximum absolute atomic E-state index is 12.5. The minimum atomic E-state index is -0.747. The van der Waals surface area contributed by atoms with E-state index in [2.05, 4.69) is 5.32 Å². The van der Waals surface area contributed by atoms with Crippen LogP contribution in [-0.2, 0) is 9.53 Å². The van der Waals surface area contributed by atoms with Crippen molar-refractivity contribution in [1.29, 1.82) is 0 Å². The first-order valence-electron chi connectivity index (χ1n) is 8.11. The molecule has 0 bridgehead atoms. The molecule has 7 nitrogen and oxygen atoms in total. The van der Waals surface area contributed by atoms with Crippen LogP contribution in [0.5, 0.6) is 0 Å². The molecule has 2 rings (SSSR count). The Morgan fingerprint density at radius 2 is 1.96 bits per heavy atom. The van der Waals surface area contributed by atoms with Gasteiger partial charge in [0, 0.05) is 12.1 Å². The monoisotopic (exact) mass is 388 g/mol. The lowest BCUT2D eigenvalue weighted by Crippen LogP contribution is -2.28. The number of nitrogens with one attached hydrogen (secondary N) is 1. The highest BCUT2D eigenvalue weighted by Crippen LogP contribution is 2.18. The number of benzene rings is 2. The Balaban J connectivity index is 2.35. The van der Waals surface area contributed by atoms with Crippen LogP contribution in [-0.4, -0.2) is 23.4 Å². The highest BCUT2D eigenvalue weighted by molar-refractivity contribution is 6.34. The van der Waals surface area contributed by atoms with Crippen molar-refractivity contribution in [2.75, 3.05) is 6.61 Å². The van der Waals surface area contributed by atoms with Crippen molar-refractivity contribution < 1.29 is 19.2 Å². The van der Waals surface area contributed by atoms with Crippen molar-refractivity contribution in [2.45, 2.75) is 13.3 Å². The molecule has 1 amide bonds. The van der Waals surface area contributed by atoms with E-state index in [0.29, 0.717) is 12.0 Å². The van der Waals surface area contributed by atoms with E-state index < -0.39 is 16.8 Å². The number of nitro groups is 1. The zero-order chi connectivity index (χ0) is 19.8. The van der Waals surface area contributed by atoms with Gasteiger partial charge in [-0.25, -0.2) is 4.79 Å². The molecule has 140 valence electrons. The Kier molecular flexibility index (Phi) is 7.08. The minimum absolute atomic E-state index is 0.137. The SMILES string of the molecule is CCCOC(=O)/C(=C\c1cccc([N+](=O)[O-])c1)NC(=O)c1ccccc1Cl. The minimum Gasteiger partial charge on any atom is -0.461 e. The second-order valence-electron chi connectivity index (χ2n) is 5.48. The van der Waals surface area contributed by atoms with E-state index in [9.17, 15) is 19.7 Å². The largest absolute Gasteiger partial charge is 0.461 e. The summed E-state index contributed by atoms with van der Waals surface area (Å²) in [6.45, 7) is 2.01. The molecule has 1 N–H and O–H groups in total. The molecule has 0 unspecified atom stereocenters. The predicted molar refractivity (Wildman–Crippen MR) is 101 cm³/mol. The summed E-state index contributed by atoms with van der Waals surface area (Å²) in [4.78, 5) is 35.1. The third kappa shape index (κ3) is 5.65. The number of carbonyl (C=O) groups excluding carboxylic acids is 2. The molecule has 8 heteroatoms. The van der Waals surface area contributed by atoms with Gasteiger partial charge < -0.3 is 10.1 Å². The Hall–Kier alpha value is -3.19. The quantitative estimate of drug-likeness (QED) is 0.335. The number of nitro benzene ring substituents is 1. The molecule has 0 aliphatic carbocycles. The van der Waals surface area contributed by atoms with Crippen molar-refractivity contribution in [3.8, 4) is 0 Å². The van der Waals surface area contributed by atoms with Crippen molar-refractivity contribution >= 4 is 35.2 Å². The van der Waals surface area contributed by atoms with E-state index in [4.69, 9.17) is 16.3 Å². The first kappa shape index (κ1) is 20.1. The van der Waals surface area contributed by atoms with Crippen LogP contribution >= 0.6 is 11.6 Å². The lowest BCUT2D eigenvalue weighted by atomic mass is 10.1. The molecular weight excluding hydrogens is 372 g/mol. The average Bonchev–Trinajstić information content (AvgIpc) is 2.66. The summed E-state index contributed by atoms with van der Waals surface area (Å²) in [5.74, 6) is -1.34. The smallest absolute Gasteiger partial charge is 0.354 e. The standard InChI is InChI=1S/C19H17ClN2O5/c1-2-10-27-19(24)17(12-13-6-5-7-14(11-13)22(25)26)21-18(23)15-8-3-4-9-16(15)20/h3-9,11-12H,2,10H2,1H3,(H,21,23)/b17-12+. The molecule has 0 saturated heterocycles. The number of hydrogen-bond donors (Lipinski definition) is 1. The fourth-order valence-corrected chi connectivity index (χ4v) is 2.37. The van der Waals surface area contributed by atoms with Crippen molar-refractivity contribution in [2.24, 2.45) is 0 Å². The van der Waals surface area contributed by atoms with Gasteiger partial charge in [0.2, 0.25) is 0 Å². The number of rotatable bonds is 7. The Morgan fingerprint density at radius 3 is 2.63 bits per heavy atom. The number of non-ortho nitro benzene ring substituents is 1. The summed E-state index contributed by atoms with van der Waals surface area (Å²) in [6, 6.07) is 12.0. The van der Waals surface area contributed by atoms with Gasteiger partial charge in [-0.3, -0.25) is 14.9 Å². The lowest BCUT2D eigenvalue weighted by Gasteiger charge is -2.11. The van der Waals surface area contributed by atoms with Crippen molar-refractivity contribution in [3.63, 3.8) is 0 Å². The van der Waals surface area contributed by atoms with Crippen LogP contribution in [0.15, 0.2) is 54.2 Å². The van der Waals surface area contributed by atoms with Crippen LogP contribution < -0.4 is 5.32 Å². The van der Waals surface area contributed by atoms with Crippen LogP contribution in [0.2, 0.25) is 5.02 Å². The summed E-state index contributed by atoms with van der Waals surface area (Å²) >= 11 is 6.01. The number of nitrogens with zero attached hydrogens (tertiary/aromatic N) is 1. The first-order chi connectivity index (χ1) is 12.9. The first-order valence-corrected chi connectivity index (χ1v) is 8.49. The van der Waals surface area contributed by atoms with E-state index in [1.807, 2.05) is 6.92 Å². The number of amides is 1. The van der Waals surface area contributed by atoms with Gasteiger partial charge in [0.25, 0.3) is 11.6 Å². The third-order valence-corrected chi connectivity index (χ3v) is 3.75. The summed E-state index contributed by atoms with van der Waals surface area (Å²) < 4.78 is 5.08. The molecule has 27 heavy (non-hydrogen) atoms. The van der Waals surface area contributed by atoms with Gasteiger partial charge >= 0.3 is 5.97 Å². The second-order valence-corrected chi connectivity index (χ2v) is 5.89. The fourth-order valence-electron chi connectivity index (χ4n) is 2.15. The van der Waals surface area contributed by atoms with E-state index in [1.54, 1.807) is 24.3 Å². The van der Waals surface area contributed by atoms with Crippen LogP contribution in [0.1, 0.15) is 29.3 Å². The second kappa shape index (κ2) is 9.49. The zero-order valence-electron chi connectivity index (χ0n) is 14.5. The zero-order valence-corrected chi connectivity index (χ0v) is 15.2. The van der Waals surface area contributed by atoms with Gasteiger partial charge in [-0.15, -0.1) is 0 Å². The van der Waals surface area contributed by atoms with E-state index >= 15 is 0 Å². The molecule has 0 atom stereocenters. The van der Waals surface area contributed by atoms with Gasteiger partial charge in [-0.05, 0) is 30.2 Å². The molecule has 0 aromatic heterocycles. The van der Waals surface area contributed by atoms with Crippen molar-refractivity contribution in [3.05, 3.63) is 80.5 Å². The highest BCUT2D eigenvalue weighted by Gasteiger charge is 2.18. The molecule has 0 aliphatic rings. The third-order valence-electron chi connectivity index (χ3n) is 3.42.